The van der Waals surface area contributed by atoms with E-state index in [0.29, 0.717) is 10.5 Å². The van der Waals surface area contributed by atoms with Crippen molar-refractivity contribution in [2.45, 2.75) is 45.1 Å². The Morgan fingerprint density at radius 3 is 2.30 bits per heavy atom. The number of carbonyl (C=O) groups excluding carboxylic acids is 3. The lowest BCUT2D eigenvalue weighted by Gasteiger charge is -2.21. The van der Waals surface area contributed by atoms with Gasteiger partial charge in [0.05, 0.1) is 10.5 Å². The van der Waals surface area contributed by atoms with E-state index < -0.39 is 51.3 Å². The second-order valence-electron chi connectivity index (χ2n) is 7.26. The smallest absolute Gasteiger partial charge is 0.326 e. The third-order valence-corrected chi connectivity index (χ3v) is 4.32. The molecule has 3 amide bonds. The highest BCUT2D eigenvalue weighted by Crippen LogP contribution is 2.37. The summed E-state index contributed by atoms with van der Waals surface area (Å²) in [6.07, 6.45) is -0.740. The first-order valence-corrected chi connectivity index (χ1v) is 8.08. The van der Waals surface area contributed by atoms with Crippen molar-refractivity contribution in [2.24, 2.45) is 5.73 Å². The summed E-state index contributed by atoms with van der Waals surface area (Å²) in [5, 5.41) is 20.9. The maximum atomic E-state index is 12.8. The van der Waals surface area contributed by atoms with Gasteiger partial charge in [-0.15, -0.1) is 0 Å². The van der Waals surface area contributed by atoms with Gasteiger partial charge < -0.3 is 10.8 Å². The van der Waals surface area contributed by atoms with Crippen LogP contribution in [0, 0.1) is 10.1 Å². The minimum atomic E-state index is -1.65. The topological polar surface area (TPSA) is 161 Å². The number of hydrogen-bond acceptors (Lipinski definition) is 6. The summed E-state index contributed by atoms with van der Waals surface area (Å²) in [4.78, 5) is 59.1. The Morgan fingerprint density at radius 2 is 1.85 bits per heavy atom. The van der Waals surface area contributed by atoms with Crippen LogP contribution in [0.4, 0.5) is 5.69 Å². The number of primary amides is 1. The fourth-order valence-corrected chi connectivity index (χ4v) is 2.86. The van der Waals surface area contributed by atoms with Crippen molar-refractivity contribution in [3.8, 4) is 0 Å². The normalized spacial score (nSPS) is 14.9. The molecule has 0 fully saturated rings. The van der Waals surface area contributed by atoms with Gasteiger partial charge in [-0.25, -0.2) is 4.79 Å². The number of nitro groups is 1. The van der Waals surface area contributed by atoms with E-state index in [-0.39, 0.29) is 18.4 Å². The van der Waals surface area contributed by atoms with E-state index in [1.165, 1.54) is 12.1 Å². The second-order valence-corrected chi connectivity index (χ2v) is 7.26. The molecule has 2 rings (SSSR count). The summed E-state index contributed by atoms with van der Waals surface area (Å²) >= 11 is 0. The van der Waals surface area contributed by atoms with Crippen molar-refractivity contribution < 1.29 is 29.2 Å². The third kappa shape index (κ3) is 3.64. The van der Waals surface area contributed by atoms with E-state index in [9.17, 15) is 34.4 Å². The number of nitrogens with zero attached hydrogens (tertiary/aromatic N) is 2. The molecular formula is C17H19N3O7. The van der Waals surface area contributed by atoms with Gasteiger partial charge in [-0.2, -0.15) is 0 Å². The van der Waals surface area contributed by atoms with Crippen LogP contribution in [-0.2, 0) is 15.0 Å². The van der Waals surface area contributed by atoms with Gasteiger partial charge >= 0.3 is 5.97 Å². The van der Waals surface area contributed by atoms with Crippen molar-refractivity contribution in [3.63, 3.8) is 0 Å². The van der Waals surface area contributed by atoms with Gasteiger partial charge in [0, 0.05) is 12.5 Å². The Balaban J connectivity index is 2.61. The molecule has 0 saturated carbocycles. The molecule has 0 aliphatic carbocycles. The fourth-order valence-electron chi connectivity index (χ4n) is 2.86. The van der Waals surface area contributed by atoms with Crippen molar-refractivity contribution in [1.82, 2.24) is 4.90 Å². The van der Waals surface area contributed by atoms with E-state index in [1.807, 2.05) is 0 Å². The SMILES string of the molecule is CC(C)(C)c1cc2c(c([N+](=O)[O-])c1)C(=O)N([C@@H](CCC(N)=O)C(=O)O)C2=O. The highest BCUT2D eigenvalue weighted by Gasteiger charge is 2.47. The molecule has 0 unspecified atom stereocenters. The predicted molar refractivity (Wildman–Crippen MR) is 92.1 cm³/mol. The minimum Gasteiger partial charge on any atom is -0.480 e. The third-order valence-electron chi connectivity index (χ3n) is 4.32. The van der Waals surface area contributed by atoms with Crippen LogP contribution in [-0.4, -0.2) is 44.7 Å². The predicted octanol–water partition coefficient (Wildman–Crippen LogP) is 1.21. The number of carboxylic acid groups (broad SMARTS) is 1. The van der Waals surface area contributed by atoms with Crippen LogP contribution in [0.5, 0.6) is 0 Å². The van der Waals surface area contributed by atoms with Crippen LogP contribution in [0.2, 0.25) is 0 Å². The molecule has 1 aliphatic heterocycles. The molecule has 1 aromatic rings. The molecule has 10 nitrogen and oxygen atoms in total. The molecule has 0 spiro atoms. The molecule has 0 aromatic heterocycles. The standard InChI is InChI=1S/C17H19N3O7/c1-17(2,3)8-6-9-13(11(7-8)20(26)27)15(23)19(14(9)22)10(16(24)25)4-5-12(18)21/h6-7,10H,4-5H2,1-3H3,(H2,18,21)(H,24,25)/t10-/m0/s1. The zero-order chi connectivity index (χ0) is 20.7. The largest absolute Gasteiger partial charge is 0.480 e. The molecular weight excluding hydrogens is 358 g/mol. The first-order chi connectivity index (χ1) is 12.4. The van der Waals surface area contributed by atoms with Crippen LogP contribution < -0.4 is 5.73 Å². The molecule has 3 N–H and O–H groups in total. The number of hydrogen-bond donors (Lipinski definition) is 2. The molecule has 10 heteroatoms. The van der Waals surface area contributed by atoms with E-state index in [0.717, 1.165) is 0 Å². The monoisotopic (exact) mass is 377 g/mol. The number of benzene rings is 1. The maximum Gasteiger partial charge on any atom is 0.326 e. The number of carbonyl (C=O) groups is 4. The van der Waals surface area contributed by atoms with Crippen LogP contribution in [0.15, 0.2) is 12.1 Å². The van der Waals surface area contributed by atoms with Gasteiger partial charge in [0.25, 0.3) is 17.5 Å². The highest BCUT2D eigenvalue weighted by molar-refractivity contribution is 6.24. The van der Waals surface area contributed by atoms with Crippen molar-refractivity contribution in [2.75, 3.05) is 0 Å². The van der Waals surface area contributed by atoms with Gasteiger partial charge in [-0.1, -0.05) is 20.8 Å². The van der Waals surface area contributed by atoms with Crippen molar-refractivity contribution in [1.29, 1.82) is 0 Å². The zero-order valence-corrected chi connectivity index (χ0v) is 15.0. The molecule has 1 aliphatic rings. The Bertz CT molecular complexity index is 870. The van der Waals surface area contributed by atoms with Gasteiger partial charge in [0.1, 0.15) is 11.6 Å². The average Bonchev–Trinajstić information content (AvgIpc) is 2.78. The fraction of sp³-hybridized carbons (Fsp3) is 0.412. The first-order valence-electron chi connectivity index (χ1n) is 8.08. The van der Waals surface area contributed by atoms with Gasteiger partial charge in [0.2, 0.25) is 5.91 Å². The molecule has 0 bridgehead atoms. The summed E-state index contributed by atoms with van der Waals surface area (Å²) in [5.41, 5.74) is 3.71. The number of nitrogens with two attached hydrogens (primary N) is 1. The summed E-state index contributed by atoms with van der Waals surface area (Å²) in [5.74, 6) is -4.32. The van der Waals surface area contributed by atoms with Crippen LogP contribution in [0.1, 0.15) is 59.9 Å². The zero-order valence-electron chi connectivity index (χ0n) is 15.0. The summed E-state index contributed by atoms with van der Waals surface area (Å²) in [7, 11) is 0. The molecule has 27 heavy (non-hydrogen) atoms. The lowest BCUT2D eigenvalue weighted by molar-refractivity contribution is -0.385. The number of nitro benzene ring substituents is 1. The Labute approximate surface area is 154 Å². The summed E-state index contributed by atoms with van der Waals surface area (Å²) in [6, 6.07) is 0.935. The number of fused-ring (bicyclic) bond motifs is 1. The number of imide groups is 1. The molecule has 1 aromatic carbocycles. The first kappa shape index (κ1) is 20.0. The van der Waals surface area contributed by atoms with Crippen LogP contribution >= 0.6 is 0 Å². The molecule has 0 saturated heterocycles. The Morgan fingerprint density at radius 1 is 1.26 bits per heavy atom. The van der Waals surface area contributed by atoms with E-state index in [4.69, 9.17) is 5.73 Å². The number of carboxylic acids is 1. The Hall–Kier alpha value is -3.30. The molecule has 1 heterocycles. The van der Waals surface area contributed by atoms with E-state index in [1.54, 1.807) is 20.8 Å². The quantitative estimate of drug-likeness (QED) is 0.428. The highest BCUT2D eigenvalue weighted by atomic mass is 16.6. The van der Waals surface area contributed by atoms with E-state index in [2.05, 4.69) is 0 Å². The molecule has 0 radical (unpaired) electrons. The van der Waals surface area contributed by atoms with Gasteiger partial charge in [-0.3, -0.25) is 29.4 Å². The number of amides is 3. The van der Waals surface area contributed by atoms with E-state index >= 15 is 0 Å². The maximum absolute atomic E-state index is 12.8. The number of rotatable bonds is 6. The lowest BCUT2D eigenvalue weighted by Crippen LogP contribution is -2.45. The lowest BCUT2D eigenvalue weighted by atomic mass is 9.85. The summed E-state index contributed by atoms with van der Waals surface area (Å²) < 4.78 is 0. The molecule has 1 atom stereocenters. The average molecular weight is 377 g/mol. The van der Waals surface area contributed by atoms with Crippen LogP contribution in [0.25, 0.3) is 0 Å². The summed E-state index contributed by atoms with van der Waals surface area (Å²) in [6.45, 7) is 5.35. The Kier molecular flexibility index (Phi) is 5.03. The number of aliphatic carboxylic acids is 1. The van der Waals surface area contributed by atoms with Gasteiger partial charge in [-0.05, 0) is 23.5 Å². The second kappa shape index (κ2) is 6.78. The van der Waals surface area contributed by atoms with Crippen LogP contribution in [0.3, 0.4) is 0 Å². The minimum absolute atomic E-state index is 0.218. The van der Waals surface area contributed by atoms with Crippen molar-refractivity contribution in [3.05, 3.63) is 38.9 Å². The van der Waals surface area contributed by atoms with Crippen molar-refractivity contribution >= 4 is 29.4 Å². The van der Waals surface area contributed by atoms with Gasteiger partial charge in [0.15, 0.2) is 0 Å². The molecule has 144 valence electrons.